The molecule has 0 saturated heterocycles. The maximum absolute atomic E-state index is 12.9. The highest BCUT2D eigenvalue weighted by Crippen LogP contribution is 2.19. The predicted molar refractivity (Wildman–Crippen MR) is 76.3 cm³/mol. The number of aromatic nitrogens is 2. The molecule has 1 heterocycles. The highest BCUT2D eigenvalue weighted by molar-refractivity contribution is 7.71. The Morgan fingerprint density at radius 1 is 0.947 bits per heavy atom. The molecule has 94 valence electrons. The van der Waals surface area contributed by atoms with E-state index in [1.165, 1.54) is 12.1 Å². The van der Waals surface area contributed by atoms with Gasteiger partial charge in [-0.05, 0) is 29.8 Å². The second kappa shape index (κ2) is 4.82. The molecule has 0 unspecified atom stereocenters. The Morgan fingerprint density at radius 2 is 1.63 bits per heavy atom. The number of halogens is 1. The molecule has 0 aliphatic carbocycles. The topological polar surface area (TPSA) is 20.7 Å². The van der Waals surface area contributed by atoms with Crippen molar-refractivity contribution in [1.29, 1.82) is 0 Å². The molecule has 2 nitrogen and oxygen atoms in total. The lowest BCUT2D eigenvalue weighted by atomic mass is 10.2. The predicted octanol–water partition coefficient (Wildman–Crippen LogP) is 4.34. The average molecular weight is 270 g/mol. The Bertz CT molecular complexity index is 742. The van der Waals surface area contributed by atoms with E-state index in [-0.39, 0.29) is 5.82 Å². The Balaban J connectivity index is 2.08. The third-order valence-electron chi connectivity index (χ3n) is 2.89. The summed E-state index contributed by atoms with van der Waals surface area (Å²) in [5.41, 5.74) is 2.82. The second-order valence-corrected chi connectivity index (χ2v) is 4.60. The van der Waals surface area contributed by atoms with E-state index in [2.05, 4.69) is 5.10 Å². The van der Waals surface area contributed by atoms with Crippen molar-refractivity contribution in [3.05, 3.63) is 71.1 Å². The molecule has 0 aliphatic rings. The minimum atomic E-state index is -0.259. The zero-order chi connectivity index (χ0) is 13.2. The Morgan fingerprint density at radius 3 is 2.32 bits per heavy atom. The average Bonchev–Trinajstić information content (AvgIpc) is 2.83. The number of aromatic amines is 1. The van der Waals surface area contributed by atoms with E-state index < -0.39 is 0 Å². The molecule has 1 aromatic heterocycles. The van der Waals surface area contributed by atoms with Crippen molar-refractivity contribution in [2.45, 2.75) is 0 Å². The zero-order valence-corrected chi connectivity index (χ0v) is 10.8. The van der Waals surface area contributed by atoms with Gasteiger partial charge in [0, 0.05) is 6.07 Å². The van der Waals surface area contributed by atoms with Crippen LogP contribution in [0.15, 0.2) is 60.7 Å². The minimum Gasteiger partial charge on any atom is -0.292 e. The van der Waals surface area contributed by atoms with Crippen LogP contribution in [0.1, 0.15) is 0 Å². The van der Waals surface area contributed by atoms with Crippen molar-refractivity contribution in [1.82, 2.24) is 9.78 Å². The fourth-order valence-corrected chi connectivity index (χ4v) is 2.21. The van der Waals surface area contributed by atoms with E-state index in [1.807, 2.05) is 36.4 Å². The van der Waals surface area contributed by atoms with E-state index in [9.17, 15) is 4.39 Å². The van der Waals surface area contributed by atoms with Gasteiger partial charge in [0.25, 0.3) is 0 Å². The van der Waals surface area contributed by atoms with Crippen molar-refractivity contribution in [2.24, 2.45) is 0 Å². The third kappa shape index (κ3) is 2.35. The van der Waals surface area contributed by atoms with E-state index >= 15 is 0 Å². The zero-order valence-electron chi connectivity index (χ0n) is 10.0. The molecule has 0 amide bonds. The number of nitrogens with one attached hydrogen (secondary N) is 1. The first-order valence-electron chi connectivity index (χ1n) is 5.87. The molecule has 0 saturated carbocycles. The number of hydrogen-bond acceptors (Lipinski definition) is 1. The van der Waals surface area contributed by atoms with Crippen LogP contribution in [0.2, 0.25) is 0 Å². The smallest absolute Gasteiger partial charge is 0.128 e. The molecule has 2 aromatic carbocycles. The van der Waals surface area contributed by atoms with E-state index in [0.717, 1.165) is 16.9 Å². The standard InChI is InChI=1S/C15H11FN2S/c16-12-6-8-13(9-7-12)18-15(19)10-14(17-18)11-4-2-1-3-5-11/h1-10,17H. The quantitative estimate of drug-likeness (QED) is 0.687. The fourth-order valence-electron chi connectivity index (χ4n) is 1.94. The Kier molecular flexibility index (Phi) is 3.01. The molecular weight excluding hydrogens is 259 g/mol. The summed E-state index contributed by atoms with van der Waals surface area (Å²) < 4.78 is 15.3. The maximum atomic E-state index is 12.9. The maximum Gasteiger partial charge on any atom is 0.128 e. The van der Waals surface area contributed by atoms with Gasteiger partial charge in [0.2, 0.25) is 0 Å². The van der Waals surface area contributed by atoms with Crippen molar-refractivity contribution < 1.29 is 4.39 Å². The highest BCUT2D eigenvalue weighted by Gasteiger charge is 2.04. The number of hydrogen-bond donors (Lipinski definition) is 1. The van der Waals surface area contributed by atoms with Crippen LogP contribution in [0.4, 0.5) is 4.39 Å². The summed E-state index contributed by atoms with van der Waals surface area (Å²) in [6.45, 7) is 0. The summed E-state index contributed by atoms with van der Waals surface area (Å²) in [5.74, 6) is -0.259. The van der Waals surface area contributed by atoms with E-state index in [4.69, 9.17) is 12.2 Å². The molecular formula is C15H11FN2S. The van der Waals surface area contributed by atoms with Crippen LogP contribution in [0.25, 0.3) is 16.9 Å². The molecule has 19 heavy (non-hydrogen) atoms. The molecule has 0 spiro atoms. The van der Waals surface area contributed by atoms with Crippen LogP contribution in [0.5, 0.6) is 0 Å². The van der Waals surface area contributed by atoms with Gasteiger partial charge in [-0.3, -0.25) is 5.10 Å². The lowest BCUT2D eigenvalue weighted by molar-refractivity contribution is 0.627. The van der Waals surface area contributed by atoms with E-state index in [1.54, 1.807) is 16.8 Å². The van der Waals surface area contributed by atoms with Gasteiger partial charge in [0.05, 0.1) is 11.4 Å². The number of benzene rings is 2. The van der Waals surface area contributed by atoms with Crippen LogP contribution < -0.4 is 0 Å². The van der Waals surface area contributed by atoms with Crippen molar-refractivity contribution in [3.63, 3.8) is 0 Å². The first kappa shape index (κ1) is 11.9. The van der Waals surface area contributed by atoms with Gasteiger partial charge in [-0.15, -0.1) is 0 Å². The Hall–Kier alpha value is -2.20. The Labute approximate surface area is 115 Å². The van der Waals surface area contributed by atoms with Crippen molar-refractivity contribution in [3.8, 4) is 16.9 Å². The summed E-state index contributed by atoms with van der Waals surface area (Å²) in [7, 11) is 0. The first-order valence-corrected chi connectivity index (χ1v) is 6.28. The number of nitrogens with zero attached hydrogens (tertiary/aromatic N) is 1. The number of rotatable bonds is 2. The summed E-state index contributed by atoms with van der Waals surface area (Å²) in [6.07, 6.45) is 0. The van der Waals surface area contributed by atoms with Gasteiger partial charge >= 0.3 is 0 Å². The summed E-state index contributed by atoms with van der Waals surface area (Å²) in [5, 5.41) is 3.22. The summed E-state index contributed by atoms with van der Waals surface area (Å²) >= 11 is 5.33. The van der Waals surface area contributed by atoms with Gasteiger partial charge in [0.15, 0.2) is 0 Å². The monoisotopic (exact) mass is 270 g/mol. The molecule has 0 bridgehead atoms. The molecule has 3 rings (SSSR count). The van der Waals surface area contributed by atoms with Gasteiger partial charge in [-0.2, -0.15) is 0 Å². The lowest BCUT2D eigenvalue weighted by Crippen LogP contribution is -1.96. The summed E-state index contributed by atoms with van der Waals surface area (Å²) in [4.78, 5) is 0. The minimum absolute atomic E-state index is 0.259. The van der Waals surface area contributed by atoms with Crippen LogP contribution in [0, 0.1) is 10.5 Å². The van der Waals surface area contributed by atoms with Crippen LogP contribution in [0.3, 0.4) is 0 Å². The lowest BCUT2D eigenvalue weighted by Gasteiger charge is -2.03. The summed E-state index contributed by atoms with van der Waals surface area (Å²) in [6, 6.07) is 18.0. The van der Waals surface area contributed by atoms with Crippen LogP contribution in [-0.4, -0.2) is 9.78 Å². The van der Waals surface area contributed by atoms with Gasteiger partial charge in [-0.25, -0.2) is 9.07 Å². The van der Waals surface area contributed by atoms with Crippen molar-refractivity contribution in [2.75, 3.05) is 0 Å². The normalized spacial score (nSPS) is 10.6. The third-order valence-corrected chi connectivity index (χ3v) is 3.19. The van der Waals surface area contributed by atoms with E-state index in [0.29, 0.717) is 4.64 Å². The SMILES string of the molecule is Fc1ccc(-n2[nH]c(-c3ccccc3)cc2=S)cc1. The van der Waals surface area contributed by atoms with Crippen LogP contribution >= 0.6 is 12.2 Å². The highest BCUT2D eigenvalue weighted by atomic mass is 32.1. The molecule has 0 radical (unpaired) electrons. The molecule has 0 fully saturated rings. The fraction of sp³-hybridized carbons (Fsp3) is 0. The largest absolute Gasteiger partial charge is 0.292 e. The van der Waals surface area contributed by atoms with Crippen LogP contribution in [-0.2, 0) is 0 Å². The van der Waals surface area contributed by atoms with Gasteiger partial charge in [-0.1, -0.05) is 42.5 Å². The van der Waals surface area contributed by atoms with Gasteiger partial charge in [0.1, 0.15) is 10.5 Å². The molecule has 0 aliphatic heterocycles. The van der Waals surface area contributed by atoms with Gasteiger partial charge < -0.3 is 0 Å². The first-order chi connectivity index (χ1) is 9.24. The second-order valence-electron chi connectivity index (χ2n) is 4.19. The van der Waals surface area contributed by atoms with Crippen molar-refractivity contribution >= 4 is 12.2 Å². The molecule has 4 heteroatoms. The molecule has 1 N–H and O–H groups in total. The molecule has 0 atom stereocenters. The molecule has 3 aromatic rings. The number of H-pyrrole nitrogens is 1.